The molecule has 0 aromatic heterocycles. The third-order valence-corrected chi connectivity index (χ3v) is 5.99. The lowest BCUT2D eigenvalue weighted by molar-refractivity contribution is -0.170. The minimum Gasteiger partial charge on any atom is -0.327 e. The zero-order valence-electron chi connectivity index (χ0n) is 13.6. The zero-order chi connectivity index (χ0) is 15.5. The number of amides is 2. The predicted molar refractivity (Wildman–Crippen MR) is 86.0 cm³/mol. The molecule has 4 atom stereocenters. The van der Waals surface area contributed by atoms with Crippen LogP contribution in [0.2, 0.25) is 0 Å². The molecule has 3 rings (SSSR count). The van der Waals surface area contributed by atoms with E-state index in [0.717, 1.165) is 51.4 Å². The Morgan fingerprint density at radius 3 is 2.18 bits per heavy atom. The first-order valence-corrected chi connectivity index (χ1v) is 9.32. The largest absolute Gasteiger partial charge is 0.327 e. The van der Waals surface area contributed by atoms with Crippen molar-refractivity contribution in [3.8, 4) is 0 Å². The zero-order valence-corrected chi connectivity index (χ0v) is 13.6. The molecule has 124 valence electrons. The summed E-state index contributed by atoms with van der Waals surface area (Å²) in [6, 6.07) is 0.117. The lowest BCUT2D eigenvalue weighted by atomic mass is 9.76. The number of likely N-dealkylation sites (tertiary alicyclic amines) is 1. The Labute approximate surface area is 133 Å². The van der Waals surface area contributed by atoms with E-state index in [4.69, 9.17) is 5.73 Å². The summed E-state index contributed by atoms with van der Waals surface area (Å²) in [4.78, 5) is 27.0. The van der Waals surface area contributed by atoms with Crippen LogP contribution in [-0.4, -0.2) is 28.8 Å². The Hall–Kier alpha value is -0.900. The molecule has 0 unspecified atom stereocenters. The summed E-state index contributed by atoms with van der Waals surface area (Å²) < 4.78 is 0. The van der Waals surface area contributed by atoms with Crippen molar-refractivity contribution in [3.05, 3.63) is 0 Å². The van der Waals surface area contributed by atoms with Gasteiger partial charge >= 0.3 is 0 Å². The first kappa shape index (κ1) is 16.0. The van der Waals surface area contributed by atoms with Crippen molar-refractivity contribution in [1.29, 1.82) is 0 Å². The van der Waals surface area contributed by atoms with Gasteiger partial charge in [-0.05, 0) is 25.7 Å². The summed E-state index contributed by atoms with van der Waals surface area (Å²) in [5, 5.41) is 0. The third kappa shape index (κ3) is 3.08. The van der Waals surface area contributed by atoms with Crippen LogP contribution in [0.3, 0.4) is 0 Å². The highest BCUT2D eigenvalue weighted by molar-refractivity contribution is 6.03. The quantitative estimate of drug-likeness (QED) is 0.598. The average molecular weight is 306 g/mol. The summed E-state index contributed by atoms with van der Waals surface area (Å²) >= 11 is 0. The number of fused-ring (bicyclic) bond motifs is 1. The molecule has 3 fully saturated rings. The number of imide groups is 1. The molecule has 1 saturated heterocycles. The van der Waals surface area contributed by atoms with Crippen LogP contribution >= 0.6 is 0 Å². The van der Waals surface area contributed by atoms with Crippen LogP contribution in [0.4, 0.5) is 0 Å². The second-order valence-corrected chi connectivity index (χ2v) is 7.47. The molecule has 2 saturated carbocycles. The molecular weight excluding hydrogens is 276 g/mol. The Morgan fingerprint density at radius 1 is 0.864 bits per heavy atom. The van der Waals surface area contributed by atoms with Gasteiger partial charge in [-0.1, -0.05) is 51.4 Å². The van der Waals surface area contributed by atoms with Gasteiger partial charge in [0, 0.05) is 6.04 Å². The molecule has 4 heteroatoms. The van der Waals surface area contributed by atoms with E-state index in [-0.39, 0.29) is 35.7 Å². The second-order valence-electron chi connectivity index (χ2n) is 7.47. The fourth-order valence-corrected chi connectivity index (χ4v) is 4.59. The average Bonchev–Trinajstić information content (AvgIpc) is 2.45. The monoisotopic (exact) mass is 306 g/mol. The van der Waals surface area contributed by atoms with Crippen LogP contribution in [0.15, 0.2) is 0 Å². The number of hydrogen-bond acceptors (Lipinski definition) is 3. The van der Waals surface area contributed by atoms with Crippen LogP contribution < -0.4 is 5.73 Å². The third-order valence-electron chi connectivity index (χ3n) is 5.99. The van der Waals surface area contributed by atoms with E-state index in [1.807, 2.05) is 0 Å². The Morgan fingerprint density at radius 2 is 1.45 bits per heavy atom. The summed E-state index contributed by atoms with van der Waals surface area (Å²) in [5.41, 5.74) is 6.28. The van der Waals surface area contributed by atoms with Gasteiger partial charge in [-0.15, -0.1) is 0 Å². The van der Waals surface area contributed by atoms with Crippen LogP contribution in [0.1, 0.15) is 77.0 Å². The van der Waals surface area contributed by atoms with Gasteiger partial charge < -0.3 is 5.73 Å². The van der Waals surface area contributed by atoms with Crippen molar-refractivity contribution in [2.45, 2.75) is 89.1 Å². The maximum atomic E-state index is 12.9. The number of β-lactam (4-membered cyclic amide) rings is 1. The van der Waals surface area contributed by atoms with E-state index in [9.17, 15) is 9.59 Å². The van der Waals surface area contributed by atoms with Crippen LogP contribution in [0, 0.1) is 11.8 Å². The lowest BCUT2D eigenvalue weighted by Crippen LogP contribution is -2.65. The van der Waals surface area contributed by atoms with Crippen molar-refractivity contribution >= 4 is 11.8 Å². The molecule has 0 radical (unpaired) electrons. The molecule has 4 nitrogen and oxygen atoms in total. The van der Waals surface area contributed by atoms with Gasteiger partial charge in [0.2, 0.25) is 11.8 Å². The van der Waals surface area contributed by atoms with E-state index in [0.29, 0.717) is 0 Å². The highest BCUT2D eigenvalue weighted by atomic mass is 16.2. The molecule has 1 aliphatic heterocycles. The summed E-state index contributed by atoms with van der Waals surface area (Å²) in [5.74, 6) is 0.122. The molecule has 0 bridgehead atoms. The Kier molecular flexibility index (Phi) is 5.17. The number of hydrogen-bond donors (Lipinski definition) is 1. The molecule has 0 aromatic carbocycles. The molecule has 0 spiro atoms. The Balaban J connectivity index is 1.68. The van der Waals surface area contributed by atoms with Gasteiger partial charge in [0.05, 0.1) is 17.9 Å². The van der Waals surface area contributed by atoms with E-state index in [1.165, 1.54) is 25.7 Å². The topological polar surface area (TPSA) is 63.4 Å². The Bertz CT molecular complexity index is 423. The van der Waals surface area contributed by atoms with Gasteiger partial charge in [-0.2, -0.15) is 0 Å². The molecule has 2 N–H and O–H groups in total. The van der Waals surface area contributed by atoms with Crippen molar-refractivity contribution in [3.63, 3.8) is 0 Å². The first-order chi connectivity index (χ1) is 10.7. The SMILES string of the molecule is N[C@H]1CCCCCC[C@H]1C(=O)N1C(=O)[C@@H]2CCCCCC[C@@H]21. The standard InChI is InChI=1S/C18H30N2O2/c19-15-11-7-3-1-5-9-13(15)17(21)20-16-12-8-4-2-6-10-14(16)18(20)22/h13-16H,1-12,19H2/t13-,14-,15+,16+/m1/s1. The summed E-state index contributed by atoms with van der Waals surface area (Å²) in [6.07, 6.45) is 13.1. The van der Waals surface area contributed by atoms with Crippen molar-refractivity contribution in [1.82, 2.24) is 4.90 Å². The summed E-state index contributed by atoms with van der Waals surface area (Å²) in [7, 11) is 0. The molecular formula is C18H30N2O2. The molecule has 2 aliphatic carbocycles. The molecule has 3 aliphatic rings. The smallest absolute Gasteiger partial charge is 0.234 e. The number of carbonyl (C=O) groups is 2. The second kappa shape index (κ2) is 7.12. The highest BCUT2D eigenvalue weighted by Crippen LogP contribution is 2.38. The van der Waals surface area contributed by atoms with Gasteiger partial charge in [0.1, 0.15) is 0 Å². The lowest BCUT2D eigenvalue weighted by Gasteiger charge is -2.48. The van der Waals surface area contributed by atoms with Crippen molar-refractivity contribution in [2.75, 3.05) is 0 Å². The number of nitrogens with two attached hydrogens (primary N) is 1. The molecule has 1 heterocycles. The van der Waals surface area contributed by atoms with Gasteiger partial charge in [-0.25, -0.2) is 0 Å². The minimum absolute atomic E-state index is 0.0428. The summed E-state index contributed by atoms with van der Waals surface area (Å²) in [6.45, 7) is 0. The maximum absolute atomic E-state index is 12.9. The van der Waals surface area contributed by atoms with Crippen LogP contribution in [0.5, 0.6) is 0 Å². The van der Waals surface area contributed by atoms with E-state index < -0.39 is 0 Å². The van der Waals surface area contributed by atoms with Crippen LogP contribution in [0.25, 0.3) is 0 Å². The van der Waals surface area contributed by atoms with E-state index in [1.54, 1.807) is 4.90 Å². The van der Waals surface area contributed by atoms with Gasteiger partial charge in [-0.3, -0.25) is 14.5 Å². The van der Waals surface area contributed by atoms with Crippen molar-refractivity contribution < 1.29 is 9.59 Å². The number of rotatable bonds is 1. The normalized spacial score (nSPS) is 37.1. The predicted octanol–water partition coefficient (Wildman–Crippen LogP) is 2.99. The van der Waals surface area contributed by atoms with Gasteiger partial charge in [0.15, 0.2) is 0 Å². The molecule has 22 heavy (non-hydrogen) atoms. The van der Waals surface area contributed by atoms with Crippen molar-refractivity contribution in [2.24, 2.45) is 17.6 Å². The fraction of sp³-hybridized carbons (Fsp3) is 0.889. The van der Waals surface area contributed by atoms with Crippen LogP contribution in [-0.2, 0) is 9.59 Å². The highest BCUT2D eigenvalue weighted by Gasteiger charge is 2.51. The molecule has 2 amide bonds. The number of carbonyl (C=O) groups excluding carboxylic acids is 2. The van der Waals surface area contributed by atoms with Gasteiger partial charge in [0.25, 0.3) is 0 Å². The van der Waals surface area contributed by atoms with E-state index >= 15 is 0 Å². The number of nitrogens with zero attached hydrogens (tertiary/aromatic N) is 1. The minimum atomic E-state index is -0.129. The molecule has 0 aromatic rings. The fourth-order valence-electron chi connectivity index (χ4n) is 4.59. The maximum Gasteiger partial charge on any atom is 0.234 e. The first-order valence-electron chi connectivity index (χ1n) is 9.32. The van der Waals surface area contributed by atoms with E-state index in [2.05, 4.69) is 0 Å².